The average Bonchev–Trinajstić information content (AvgIpc) is 3.18. The maximum atomic E-state index is 12.2. The quantitative estimate of drug-likeness (QED) is 0.621. The fraction of sp³-hybridized carbons (Fsp3) is 0.176. The highest BCUT2D eigenvalue weighted by molar-refractivity contribution is 7.16. The van der Waals surface area contributed by atoms with Crippen LogP contribution >= 0.6 is 45.9 Å². The summed E-state index contributed by atoms with van der Waals surface area (Å²) in [5.41, 5.74) is 1.41. The van der Waals surface area contributed by atoms with E-state index in [2.05, 4.69) is 27.8 Å². The van der Waals surface area contributed by atoms with Crippen LogP contribution in [0.3, 0.4) is 0 Å². The Morgan fingerprint density at radius 1 is 1.25 bits per heavy atom. The molecule has 7 heteroatoms. The third-order valence-corrected chi connectivity index (χ3v) is 5.87. The molecule has 0 spiro atoms. The van der Waals surface area contributed by atoms with Gasteiger partial charge in [-0.1, -0.05) is 23.2 Å². The second-order valence-electron chi connectivity index (χ2n) is 5.15. The van der Waals surface area contributed by atoms with E-state index in [1.807, 2.05) is 6.92 Å². The lowest BCUT2D eigenvalue weighted by Gasteiger charge is -2.06. The molecule has 2 heterocycles. The minimum atomic E-state index is -0.214. The summed E-state index contributed by atoms with van der Waals surface area (Å²) in [6.07, 6.45) is 0.762. The smallest absolute Gasteiger partial charge is 0.252 e. The summed E-state index contributed by atoms with van der Waals surface area (Å²) in [6.45, 7) is 2.54. The molecule has 3 aromatic rings. The summed E-state index contributed by atoms with van der Waals surface area (Å²) in [5.74, 6) is -0.214. The Hall–Kier alpha value is -1.40. The van der Waals surface area contributed by atoms with Crippen molar-refractivity contribution in [1.82, 2.24) is 10.3 Å². The molecule has 24 heavy (non-hydrogen) atoms. The summed E-state index contributed by atoms with van der Waals surface area (Å²) in [6, 6.07) is 9.01. The zero-order valence-electron chi connectivity index (χ0n) is 12.8. The van der Waals surface area contributed by atoms with Crippen LogP contribution in [0.25, 0.3) is 10.6 Å². The molecule has 2 aromatic heterocycles. The van der Waals surface area contributed by atoms with Crippen molar-refractivity contribution in [2.75, 3.05) is 6.54 Å². The number of carbonyl (C=O) groups is 1. The maximum absolute atomic E-state index is 12.2. The van der Waals surface area contributed by atoms with E-state index < -0.39 is 0 Å². The molecule has 3 nitrogen and oxygen atoms in total. The van der Waals surface area contributed by atoms with Crippen LogP contribution in [0.4, 0.5) is 0 Å². The number of thiazole rings is 1. The van der Waals surface area contributed by atoms with Gasteiger partial charge in [-0.2, -0.15) is 0 Å². The first kappa shape index (κ1) is 17.4. The predicted molar refractivity (Wildman–Crippen MR) is 103 cm³/mol. The second kappa shape index (κ2) is 7.66. The topological polar surface area (TPSA) is 42.0 Å². The number of hydrogen-bond donors (Lipinski definition) is 1. The van der Waals surface area contributed by atoms with Gasteiger partial charge in [0.15, 0.2) is 0 Å². The second-order valence-corrected chi connectivity index (χ2v) is 8.22. The standard InChI is InChI=1S/C17H14Cl2N2OS2/c1-10-21-15(9-23-10)16-5-3-12(24-16)6-7-20-17(22)13-8-11(18)2-4-14(13)19/h2-5,8-9H,6-7H2,1H3,(H,20,22). The Balaban J connectivity index is 1.58. The fourth-order valence-electron chi connectivity index (χ4n) is 2.19. The Morgan fingerprint density at radius 2 is 2.08 bits per heavy atom. The summed E-state index contributed by atoms with van der Waals surface area (Å²) in [4.78, 5) is 19.0. The molecule has 0 aliphatic rings. The van der Waals surface area contributed by atoms with E-state index in [1.165, 1.54) is 4.88 Å². The van der Waals surface area contributed by atoms with Gasteiger partial charge in [0.1, 0.15) is 0 Å². The summed E-state index contributed by atoms with van der Waals surface area (Å²) in [5, 5.41) is 6.89. The molecule has 3 rings (SSSR count). The molecule has 0 aliphatic carbocycles. The van der Waals surface area contributed by atoms with E-state index in [4.69, 9.17) is 23.2 Å². The van der Waals surface area contributed by atoms with E-state index in [1.54, 1.807) is 40.9 Å². The number of thiophene rings is 1. The highest BCUT2D eigenvalue weighted by atomic mass is 35.5. The first-order valence-electron chi connectivity index (χ1n) is 7.27. The number of rotatable bonds is 5. The van der Waals surface area contributed by atoms with Crippen LogP contribution in [-0.4, -0.2) is 17.4 Å². The third-order valence-electron chi connectivity index (χ3n) is 3.36. The molecule has 0 bridgehead atoms. The first-order valence-corrected chi connectivity index (χ1v) is 9.72. The van der Waals surface area contributed by atoms with Crippen molar-refractivity contribution in [3.8, 4) is 10.6 Å². The lowest BCUT2D eigenvalue weighted by atomic mass is 10.2. The van der Waals surface area contributed by atoms with Crippen molar-refractivity contribution >= 4 is 51.8 Å². The van der Waals surface area contributed by atoms with Gasteiger partial charge in [-0.15, -0.1) is 22.7 Å². The molecule has 0 saturated heterocycles. The number of amides is 1. The van der Waals surface area contributed by atoms with Crippen LogP contribution in [0, 0.1) is 6.92 Å². The van der Waals surface area contributed by atoms with Gasteiger partial charge in [-0.05, 0) is 43.7 Å². The highest BCUT2D eigenvalue weighted by Crippen LogP contribution is 2.29. The third kappa shape index (κ3) is 4.16. The van der Waals surface area contributed by atoms with Crippen molar-refractivity contribution in [1.29, 1.82) is 0 Å². The average molecular weight is 397 g/mol. The molecule has 124 valence electrons. The van der Waals surface area contributed by atoms with Gasteiger partial charge in [0.05, 0.1) is 26.2 Å². The SMILES string of the molecule is Cc1nc(-c2ccc(CCNC(=O)c3cc(Cl)ccc3Cl)s2)cs1. The van der Waals surface area contributed by atoms with Gasteiger partial charge >= 0.3 is 0 Å². The molecule has 0 fully saturated rings. The van der Waals surface area contributed by atoms with Crippen LogP contribution in [0.2, 0.25) is 10.0 Å². The number of aromatic nitrogens is 1. The van der Waals surface area contributed by atoms with Crippen LogP contribution < -0.4 is 5.32 Å². The van der Waals surface area contributed by atoms with Gasteiger partial charge < -0.3 is 5.32 Å². The van der Waals surface area contributed by atoms with Crippen LogP contribution in [0.1, 0.15) is 20.2 Å². The van der Waals surface area contributed by atoms with E-state index in [0.29, 0.717) is 22.2 Å². The van der Waals surface area contributed by atoms with Gasteiger partial charge in [0.25, 0.3) is 5.91 Å². The predicted octanol–water partition coefficient (Wildman–Crippen LogP) is 5.46. The normalized spacial score (nSPS) is 10.8. The monoisotopic (exact) mass is 396 g/mol. The van der Waals surface area contributed by atoms with Crippen LogP contribution in [-0.2, 0) is 6.42 Å². The Bertz CT molecular complexity index is 873. The van der Waals surface area contributed by atoms with E-state index in [0.717, 1.165) is 22.0 Å². The molecular weight excluding hydrogens is 383 g/mol. The lowest BCUT2D eigenvalue weighted by molar-refractivity contribution is 0.0954. The maximum Gasteiger partial charge on any atom is 0.252 e. The van der Waals surface area contributed by atoms with Crippen molar-refractivity contribution < 1.29 is 4.79 Å². The van der Waals surface area contributed by atoms with Crippen LogP contribution in [0.5, 0.6) is 0 Å². The van der Waals surface area contributed by atoms with E-state index in [9.17, 15) is 4.79 Å². The summed E-state index contributed by atoms with van der Waals surface area (Å²) < 4.78 is 0. The van der Waals surface area contributed by atoms with Crippen molar-refractivity contribution in [2.45, 2.75) is 13.3 Å². The lowest BCUT2D eigenvalue weighted by Crippen LogP contribution is -2.25. The number of nitrogens with zero attached hydrogens (tertiary/aromatic N) is 1. The van der Waals surface area contributed by atoms with Crippen LogP contribution in [0.15, 0.2) is 35.7 Å². The first-order chi connectivity index (χ1) is 11.5. The van der Waals surface area contributed by atoms with Crippen molar-refractivity contribution in [3.05, 3.63) is 61.2 Å². The van der Waals surface area contributed by atoms with Gasteiger partial charge in [0, 0.05) is 21.8 Å². The van der Waals surface area contributed by atoms with Crippen molar-refractivity contribution in [3.63, 3.8) is 0 Å². The number of nitrogens with one attached hydrogen (secondary N) is 1. The summed E-state index contributed by atoms with van der Waals surface area (Å²) >= 11 is 15.3. The number of halogens is 2. The molecule has 0 unspecified atom stereocenters. The van der Waals surface area contributed by atoms with Gasteiger partial charge in [-0.25, -0.2) is 4.98 Å². The van der Waals surface area contributed by atoms with E-state index in [-0.39, 0.29) is 5.91 Å². The largest absolute Gasteiger partial charge is 0.352 e. The zero-order chi connectivity index (χ0) is 17.1. The number of benzene rings is 1. The minimum Gasteiger partial charge on any atom is -0.352 e. The zero-order valence-corrected chi connectivity index (χ0v) is 16.0. The molecule has 1 N–H and O–H groups in total. The number of carbonyl (C=O) groups excluding carboxylic acids is 1. The Morgan fingerprint density at radius 3 is 2.83 bits per heavy atom. The van der Waals surface area contributed by atoms with Gasteiger partial charge in [-0.3, -0.25) is 4.79 Å². The van der Waals surface area contributed by atoms with Crippen molar-refractivity contribution in [2.24, 2.45) is 0 Å². The Kier molecular flexibility index (Phi) is 5.56. The molecule has 1 aromatic carbocycles. The molecule has 0 saturated carbocycles. The molecule has 1 amide bonds. The van der Waals surface area contributed by atoms with Gasteiger partial charge in [0.2, 0.25) is 0 Å². The molecular formula is C17H14Cl2N2OS2. The van der Waals surface area contributed by atoms with E-state index >= 15 is 0 Å². The highest BCUT2D eigenvalue weighted by Gasteiger charge is 2.11. The minimum absolute atomic E-state index is 0.214. The number of hydrogen-bond acceptors (Lipinski definition) is 4. The molecule has 0 radical (unpaired) electrons. The fourth-order valence-corrected chi connectivity index (χ4v) is 4.22. The number of aryl methyl sites for hydroxylation is 1. The molecule has 0 aliphatic heterocycles. The Labute approximate surface area is 158 Å². The summed E-state index contributed by atoms with van der Waals surface area (Å²) in [7, 11) is 0. The molecule has 0 atom stereocenters.